The molecular weight excluding hydrogens is 424 g/mol. The fourth-order valence-corrected chi connectivity index (χ4v) is 4.06. The summed E-state index contributed by atoms with van der Waals surface area (Å²) in [6, 6.07) is 16.6. The molecule has 0 bridgehead atoms. The van der Waals surface area contributed by atoms with E-state index >= 15 is 0 Å². The molecule has 6 nitrogen and oxygen atoms in total. The quantitative estimate of drug-likeness (QED) is 0.406. The van der Waals surface area contributed by atoms with Crippen LogP contribution >= 0.6 is 11.8 Å². The van der Waals surface area contributed by atoms with Crippen LogP contribution < -0.4 is 5.32 Å². The van der Waals surface area contributed by atoms with Crippen molar-refractivity contribution in [2.45, 2.75) is 20.8 Å². The van der Waals surface area contributed by atoms with E-state index in [2.05, 4.69) is 16.4 Å². The van der Waals surface area contributed by atoms with Gasteiger partial charge in [0.2, 0.25) is 0 Å². The minimum absolute atomic E-state index is 0.222. The van der Waals surface area contributed by atoms with Crippen molar-refractivity contribution in [3.63, 3.8) is 0 Å². The number of amidine groups is 1. The number of carbonyl (C=O) groups excluding carboxylic acids is 2. The first-order valence-corrected chi connectivity index (χ1v) is 11.0. The minimum Gasteiger partial charge on any atom is -0.462 e. The zero-order valence-corrected chi connectivity index (χ0v) is 18.8. The van der Waals surface area contributed by atoms with Gasteiger partial charge in [0.05, 0.1) is 22.8 Å². The van der Waals surface area contributed by atoms with Crippen molar-refractivity contribution >= 4 is 40.6 Å². The lowest BCUT2D eigenvalue weighted by Crippen LogP contribution is -2.19. The standard InChI is InChI=1S/C25H22N2O4S/c1-4-30-24(29)18-7-5-6-17(13-18)21-11-9-19(31-21)14-22-23(28)27-25(32-22)26-20-10-8-15(2)12-16(20)3/h5-14H,4H2,1-3H3,(H,26,27,28)/b22-14+. The van der Waals surface area contributed by atoms with Gasteiger partial charge in [0.15, 0.2) is 5.17 Å². The molecule has 2 heterocycles. The van der Waals surface area contributed by atoms with Gasteiger partial charge in [-0.2, -0.15) is 0 Å². The summed E-state index contributed by atoms with van der Waals surface area (Å²) < 4.78 is 11.0. The molecule has 3 aromatic rings. The molecule has 1 aromatic heterocycles. The Labute approximate surface area is 190 Å². The molecule has 0 radical (unpaired) electrons. The largest absolute Gasteiger partial charge is 0.462 e. The number of ether oxygens (including phenoxy) is 1. The van der Waals surface area contributed by atoms with Gasteiger partial charge < -0.3 is 14.5 Å². The number of rotatable bonds is 5. The van der Waals surface area contributed by atoms with E-state index in [4.69, 9.17) is 9.15 Å². The molecule has 162 valence electrons. The topological polar surface area (TPSA) is 80.9 Å². The summed E-state index contributed by atoms with van der Waals surface area (Å²) in [5.74, 6) is 0.529. The molecular formula is C25H22N2O4S. The van der Waals surface area contributed by atoms with E-state index < -0.39 is 0 Å². The molecule has 0 spiro atoms. The van der Waals surface area contributed by atoms with E-state index in [1.165, 1.54) is 11.8 Å². The second-order valence-electron chi connectivity index (χ2n) is 7.27. The summed E-state index contributed by atoms with van der Waals surface area (Å²) in [6.45, 7) is 6.10. The Kier molecular flexibility index (Phi) is 6.28. The molecule has 32 heavy (non-hydrogen) atoms. The predicted octanol–water partition coefficient (Wildman–Crippen LogP) is 5.63. The Bertz CT molecular complexity index is 1260. The molecule has 1 N–H and O–H groups in total. The van der Waals surface area contributed by atoms with Crippen LogP contribution in [-0.4, -0.2) is 23.7 Å². The summed E-state index contributed by atoms with van der Waals surface area (Å²) in [4.78, 5) is 29.4. The number of esters is 1. The number of aryl methyl sites for hydroxylation is 2. The monoisotopic (exact) mass is 446 g/mol. The molecule has 0 unspecified atom stereocenters. The fourth-order valence-electron chi connectivity index (χ4n) is 3.25. The van der Waals surface area contributed by atoms with Crippen LogP contribution in [0.1, 0.15) is 34.2 Å². The van der Waals surface area contributed by atoms with Gasteiger partial charge >= 0.3 is 5.97 Å². The van der Waals surface area contributed by atoms with E-state index in [0.717, 1.165) is 22.4 Å². The SMILES string of the molecule is CCOC(=O)c1cccc(-c2ccc(/C=C3/SC(=Nc4ccc(C)cc4C)NC3=O)o2)c1. The molecule has 0 saturated carbocycles. The zero-order chi connectivity index (χ0) is 22.7. The Morgan fingerprint density at radius 2 is 2.00 bits per heavy atom. The molecule has 4 rings (SSSR count). The lowest BCUT2D eigenvalue weighted by Gasteiger charge is -2.03. The first kappa shape index (κ1) is 21.6. The number of nitrogens with one attached hydrogen (secondary N) is 1. The maximum absolute atomic E-state index is 12.4. The Balaban J connectivity index is 1.53. The highest BCUT2D eigenvalue weighted by atomic mass is 32.2. The predicted molar refractivity (Wildman–Crippen MR) is 127 cm³/mol. The number of aliphatic imine (C=N–C) groups is 1. The molecule has 0 aliphatic carbocycles. The highest BCUT2D eigenvalue weighted by molar-refractivity contribution is 8.18. The van der Waals surface area contributed by atoms with Crippen LogP contribution in [0.5, 0.6) is 0 Å². The smallest absolute Gasteiger partial charge is 0.338 e. The van der Waals surface area contributed by atoms with Crippen LogP contribution in [0, 0.1) is 13.8 Å². The van der Waals surface area contributed by atoms with Crippen LogP contribution in [0.3, 0.4) is 0 Å². The van der Waals surface area contributed by atoms with Crippen molar-refractivity contribution in [2.24, 2.45) is 4.99 Å². The van der Waals surface area contributed by atoms with Crippen LogP contribution in [0.4, 0.5) is 5.69 Å². The van der Waals surface area contributed by atoms with Crippen LogP contribution in [-0.2, 0) is 9.53 Å². The highest BCUT2D eigenvalue weighted by Gasteiger charge is 2.24. The zero-order valence-electron chi connectivity index (χ0n) is 18.0. The maximum Gasteiger partial charge on any atom is 0.338 e. The Hall–Kier alpha value is -3.58. The Morgan fingerprint density at radius 1 is 1.16 bits per heavy atom. The first-order chi connectivity index (χ1) is 15.4. The van der Waals surface area contributed by atoms with Gasteiger partial charge in [-0.05, 0) is 68.4 Å². The maximum atomic E-state index is 12.4. The molecule has 1 amide bonds. The molecule has 1 saturated heterocycles. The number of carbonyl (C=O) groups is 2. The number of hydrogen-bond acceptors (Lipinski definition) is 6. The van der Waals surface area contributed by atoms with E-state index in [0.29, 0.717) is 33.8 Å². The number of thioether (sulfide) groups is 1. The van der Waals surface area contributed by atoms with Crippen LogP contribution in [0.15, 0.2) is 68.9 Å². The van der Waals surface area contributed by atoms with Crippen molar-refractivity contribution in [3.8, 4) is 11.3 Å². The van der Waals surface area contributed by atoms with Gasteiger partial charge in [-0.1, -0.05) is 29.8 Å². The van der Waals surface area contributed by atoms with Crippen LogP contribution in [0.2, 0.25) is 0 Å². The molecule has 7 heteroatoms. The summed E-state index contributed by atoms with van der Waals surface area (Å²) in [5.41, 5.74) is 4.24. The van der Waals surface area contributed by atoms with Gasteiger partial charge in [0.1, 0.15) is 11.5 Å². The highest BCUT2D eigenvalue weighted by Crippen LogP contribution is 2.31. The molecule has 1 aliphatic heterocycles. The van der Waals surface area contributed by atoms with Gasteiger partial charge in [-0.25, -0.2) is 9.79 Å². The minimum atomic E-state index is -0.377. The van der Waals surface area contributed by atoms with Crippen molar-refractivity contribution in [2.75, 3.05) is 6.61 Å². The number of amides is 1. The normalized spacial score (nSPS) is 15.9. The van der Waals surface area contributed by atoms with Gasteiger partial charge in [0.25, 0.3) is 5.91 Å². The van der Waals surface area contributed by atoms with Crippen molar-refractivity contribution in [1.29, 1.82) is 0 Å². The van der Waals surface area contributed by atoms with Gasteiger partial charge in [-0.15, -0.1) is 0 Å². The summed E-state index contributed by atoms with van der Waals surface area (Å²) in [5, 5.41) is 3.33. The number of nitrogens with zero attached hydrogens (tertiary/aromatic N) is 1. The second kappa shape index (κ2) is 9.28. The van der Waals surface area contributed by atoms with Crippen molar-refractivity contribution in [1.82, 2.24) is 5.32 Å². The van der Waals surface area contributed by atoms with E-state index in [1.807, 2.05) is 32.0 Å². The lowest BCUT2D eigenvalue weighted by molar-refractivity contribution is -0.115. The number of hydrogen-bond donors (Lipinski definition) is 1. The average molecular weight is 447 g/mol. The van der Waals surface area contributed by atoms with Crippen molar-refractivity contribution < 1.29 is 18.7 Å². The molecule has 0 atom stereocenters. The molecule has 1 fully saturated rings. The van der Waals surface area contributed by atoms with Gasteiger partial charge in [0, 0.05) is 11.6 Å². The summed E-state index contributed by atoms with van der Waals surface area (Å²) in [6.07, 6.45) is 1.68. The third-order valence-electron chi connectivity index (χ3n) is 4.78. The molecule has 2 aromatic carbocycles. The van der Waals surface area contributed by atoms with E-state index in [9.17, 15) is 9.59 Å². The first-order valence-electron chi connectivity index (χ1n) is 10.2. The average Bonchev–Trinajstić information content (AvgIpc) is 3.37. The summed E-state index contributed by atoms with van der Waals surface area (Å²) in [7, 11) is 0. The van der Waals surface area contributed by atoms with Crippen molar-refractivity contribution in [3.05, 3.63) is 82.0 Å². The number of furan rings is 1. The van der Waals surface area contributed by atoms with E-state index in [1.54, 1.807) is 43.3 Å². The fraction of sp³-hybridized carbons (Fsp3) is 0.160. The Morgan fingerprint density at radius 3 is 2.78 bits per heavy atom. The number of benzene rings is 2. The third kappa shape index (κ3) is 4.84. The lowest BCUT2D eigenvalue weighted by atomic mass is 10.1. The second-order valence-corrected chi connectivity index (χ2v) is 8.31. The summed E-state index contributed by atoms with van der Waals surface area (Å²) >= 11 is 1.27. The third-order valence-corrected chi connectivity index (χ3v) is 5.69. The molecule has 1 aliphatic rings. The van der Waals surface area contributed by atoms with Crippen LogP contribution in [0.25, 0.3) is 17.4 Å². The van der Waals surface area contributed by atoms with Gasteiger partial charge in [-0.3, -0.25) is 4.79 Å². The van der Waals surface area contributed by atoms with E-state index in [-0.39, 0.29) is 11.9 Å².